The molecule has 2 fully saturated rings. The van der Waals surface area contributed by atoms with E-state index in [0.717, 1.165) is 37.6 Å². The van der Waals surface area contributed by atoms with E-state index in [2.05, 4.69) is 11.0 Å². The van der Waals surface area contributed by atoms with Crippen LogP contribution in [0.3, 0.4) is 0 Å². The van der Waals surface area contributed by atoms with Crippen molar-refractivity contribution in [2.24, 2.45) is 5.92 Å². The number of amides is 1. The van der Waals surface area contributed by atoms with Gasteiger partial charge in [0.2, 0.25) is 5.91 Å². The second-order valence-corrected chi connectivity index (χ2v) is 7.85. The maximum absolute atomic E-state index is 12.6. The molecule has 0 bridgehead atoms. The van der Waals surface area contributed by atoms with Gasteiger partial charge in [-0.1, -0.05) is 23.7 Å². The molecular formula is C18H25ClN2O2. The molecule has 1 N–H and O–H groups in total. The van der Waals surface area contributed by atoms with Crippen LogP contribution in [0.1, 0.15) is 31.7 Å². The van der Waals surface area contributed by atoms with Gasteiger partial charge in [-0.15, -0.1) is 0 Å². The minimum atomic E-state index is -0.680. The lowest BCUT2D eigenvalue weighted by Crippen LogP contribution is -2.52. The van der Waals surface area contributed by atoms with Gasteiger partial charge >= 0.3 is 0 Å². The summed E-state index contributed by atoms with van der Waals surface area (Å²) in [5.41, 5.74) is 0.497. The summed E-state index contributed by atoms with van der Waals surface area (Å²) in [6.07, 6.45) is 0.934. The van der Waals surface area contributed by atoms with Crippen molar-refractivity contribution in [3.63, 3.8) is 0 Å². The van der Waals surface area contributed by atoms with Gasteiger partial charge in [-0.05, 0) is 43.9 Å². The number of β-amino-alcohol motifs (C(OH)–C–C–N with tert-alkyl or cyclic N) is 1. The van der Waals surface area contributed by atoms with Crippen molar-refractivity contribution >= 4 is 17.5 Å². The fourth-order valence-corrected chi connectivity index (χ4v) is 3.68. The molecule has 23 heavy (non-hydrogen) atoms. The number of halogens is 1. The molecule has 3 rings (SSSR count). The van der Waals surface area contributed by atoms with Gasteiger partial charge in [0.25, 0.3) is 0 Å². The zero-order chi connectivity index (χ0) is 16.6. The molecule has 1 saturated heterocycles. The molecule has 1 aliphatic carbocycles. The normalized spacial score (nSPS) is 25.5. The molecule has 5 heteroatoms. The maximum atomic E-state index is 12.6. The highest BCUT2D eigenvalue weighted by Gasteiger charge is 2.46. The average Bonchev–Trinajstić information content (AvgIpc) is 3.26. The van der Waals surface area contributed by atoms with Gasteiger partial charge in [0.05, 0.1) is 5.60 Å². The Balaban J connectivity index is 1.51. The second-order valence-electron chi connectivity index (χ2n) is 7.42. The first-order valence-corrected chi connectivity index (χ1v) is 8.70. The van der Waals surface area contributed by atoms with Crippen molar-refractivity contribution < 1.29 is 9.90 Å². The van der Waals surface area contributed by atoms with Gasteiger partial charge in [0, 0.05) is 43.7 Å². The molecule has 1 aromatic carbocycles. The molecule has 2 atom stereocenters. The Morgan fingerprint density at radius 2 is 2.00 bits per heavy atom. The minimum absolute atomic E-state index is 0.120. The number of carbonyl (C=O) groups is 1. The molecule has 4 nitrogen and oxygen atoms in total. The molecule has 0 unspecified atom stereocenters. The van der Waals surface area contributed by atoms with Gasteiger partial charge in [0.1, 0.15) is 0 Å². The maximum Gasteiger partial charge on any atom is 0.226 e. The summed E-state index contributed by atoms with van der Waals surface area (Å²) in [5.74, 6) is 0.725. The fraction of sp³-hybridized carbons (Fsp3) is 0.611. The van der Waals surface area contributed by atoms with Crippen molar-refractivity contribution in [1.29, 1.82) is 0 Å². The third kappa shape index (κ3) is 4.25. The van der Waals surface area contributed by atoms with Gasteiger partial charge in [-0.3, -0.25) is 9.69 Å². The van der Waals surface area contributed by atoms with Gasteiger partial charge in [-0.25, -0.2) is 0 Å². The summed E-state index contributed by atoms with van der Waals surface area (Å²) < 4.78 is 0. The van der Waals surface area contributed by atoms with Crippen LogP contribution in [-0.4, -0.2) is 59.1 Å². The van der Waals surface area contributed by atoms with E-state index >= 15 is 0 Å². The van der Waals surface area contributed by atoms with Crippen LogP contribution in [0.25, 0.3) is 0 Å². The van der Waals surface area contributed by atoms with Gasteiger partial charge < -0.3 is 10.0 Å². The highest BCUT2D eigenvalue weighted by molar-refractivity contribution is 6.30. The number of rotatable bonds is 4. The molecular weight excluding hydrogens is 312 g/mol. The summed E-state index contributed by atoms with van der Waals surface area (Å²) in [4.78, 5) is 16.9. The number of benzene rings is 1. The average molecular weight is 337 g/mol. The third-order valence-electron chi connectivity index (χ3n) is 4.68. The summed E-state index contributed by atoms with van der Waals surface area (Å²) in [7, 11) is 0. The summed E-state index contributed by atoms with van der Waals surface area (Å²) in [5, 5.41) is 10.6. The molecule has 0 aromatic heterocycles. The Morgan fingerprint density at radius 3 is 2.61 bits per heavy atom. The van der Waals surface area contributed by atoms with E-state index in [0.29, 0.717) is 12.5 Å². The summed E-state index contributed by atoms with van der Waals surface area (Å²) in [6.45, 7) is 7.49. The molecule has 1 heterocycles. The smallest absolute Gasteiger partial charge is 0.226 e. The Labute approximate surface area is 143 Å². The number of carbonyl (C=O) groups excluding carboxylic acids is 1. The molecule has 0 spiro atoms. The topological polar surface area (TPSA) is 43.8 Å². The Morgan fingerprint density at radius 1 is 1.30 bits per heavy atom. The Hall–Kier alpha value is -1.10. The number of piperazine rings is 1. The van der Waals surface area contributed by atoms with Gasteiger partial charge in [-0.2, -0.15) is 0 Å². The monoisotopic (exact) mass is 336 g/mol. The van der Waals surface area contributed by atoms with Gasteiger partial charge in [0.15, 0.2) is 0 Å². The summed E-state index contributed by atoms with van der Waals surface area (Å²) >= 11 is 6.04. The second kappa shape index (κ2) is 6.42. The van der Waals surface area contributed by atoms with Crippen LogP contribution in [0.4, 0.5) is 0 Å². The number of nitrogens with zero attached hydrogens (tertiary/aromatic N) is 2. The van der Waals surface area contributed by atoms with E-state index in [1.807, 2.05) is 36.9 Å². The molecule has 2 aliphatic rings. The van der Waals surface area contributed by atoms with E-state index in [4.69, 9.17) is 11.6 Å². The highest BCUT2D eigenvalue weighted by Crippen LogP contribution is 2.48. The highest BCUT2D eigenvalue weighted by atomic mass is 35.5. The quantitative estimate of drug-likeness (QED) is 0.918. The number of hydrogen-bond acceptors (Lipinski definition) is 3. The van der Waals surface area contributed by atoms with E-state index < -0.39 is 5.60 Å². The zero-order valence-corrected chi connectivity index (χ0v) is 14.6. The molecule has 1 saturated carbocycles. The number of aliphatic hydroxyl groups is 1. The van der Waals surface area contributed by atoms with Crippen LogP contribution in [0.5, 0.6) is 0 Å². The standard InChI is InChI=1S/C18H25ClN2O2/c1-18(2,23)12-20-6-8-21(9-7-20)17(22)16-11-15(16)13-4-3-5-14(19)10-13/h3-5,10,15-16,23H,6-9,11-12H2,1-2H3/t15-,16+/m1/s1. The molecule has 126 valence electrons. The lowest BCUT2D eigenvalue weighted by atomic mass is 10.1. The van der Waals surface area contributed by atoms with Crippen LogP contribution < -0.4 is 0 Å². The zero-order valence-electron chi connectivity index (χ0n) is 13.8. The van der Waals surface area contributed by atoms with Crippen molar-refractivity contribution in [1.82, 2.24) is 9.80 Å². The predicted octanol–water partition coefficient (Wildman–Crippen LogP) is 2.36. The molecule has 1 aliphatic heterocycles. The van der Waals surface area contributed by atoms with Crippen LogP contribution in [-0.2, 0) is 4.79 Å². The van der Waals surface area contributed by atoms with Crippen LogP contribution in [0.15, 0.2) is 24.3 Å². The largest absolute Gasteiger partial charge is 0.389 e. The van der Waals surface area contributed by atoms with Crippen molar-refractivity contribution in [2.75, 3.05) is 32.7 Å². The first-order valence-electron chi connectivity index (χ1n) is 8.32. The third-order valence-corrected chi connectivity index (χ3v) is 4.91. The Bertz CT molecular complexity index is 577. The Kier molecular flexibility index (Phi) is 4.68. The van der Waals surface area contributed by atoms with E-state index in [1.54, 1.807) is 0 Å². The summed E-state index contributed by atoms with van der Waals surface area (Å²) in [6, 6.07) is 7.85. The van der Waals surface area contributed by atoms with Crippen molar-refractivity contribution in [3.05, 3.63) is 34.9 Å². The minimum Gasteiger partial charge on any atom is -0.389 e. The lowest BCUT2D eigenvalue weighted by molar-refractivity contribution is -0.134. The van der Waals surface area contributed by atoms with E-state index in [-0.39, 0.29) is 11.8 Å². The molecule has 1 aromatic rings. The first kappa shape index (κ1) is 16.7. The number of hydrogen-bond donors (Lipinski definition) is 1. The lowest BCUT2D eigenvalue weighted by Gasteiger charge is -2.37. The van der Waals surface area contributed by atoms with E-state index in [9.17, 15) is 9.90 Å². The van der Waals surface area contributed by atoms with Crippen LogP contribution >= 0.6 is 11.6 Å². The van der Waals surface area contributed by atoms with Crippen molar-refractivity contribution in [3.8, 4) is 0 Å². The fourth-order valence-electron chi connectivity index (χ4n) is 3.48. The first-order chi connectivity index (χ1) is 10.8. The SMILES string of the molecule is CC(C)(O)CN1CCN(C(=O)[C@H]2C[C@@H]2c2cccc(Cl)c2)CC1. The van der Waals surface area contributed by atoms with Crippen LogP contribution in [0, 0.1) is 5.92 Å². The van der Waals surface area contributed by atoms with Crippen LogP contribution in [0.2, 0.25) is 5.02 Å². The predicted molar refractivity (Wildman–Crippen MR) is 91.6 cm³/mol. The van der Waals surface area contributed by atoms with Crippen molar-refractivity contribution in [2.45, 2.75) is 31.8 Å². The van der Waals surface area contributed by atoms with E-state index in [1.165, 1.54) is 5.56 Å². The molecule has 1 amide bonds. The molecule has 0 radical (unpaired) electrons.